The lowest BCUT2D eigenvalue weighted by molar-refractivity contribution is -0.118. The third-order valence-electron chi connectivity index (χ3n) is 3.88. The van der Waals surface area contributed by atoms with E-state index in [1.165, 1.54) is 16.2 Å². The number of amides is 3. The molecule has 22 heavy (non-hydrogen) atoms. The van der Waals surface area contributed by atoms with Crippen LogP contribution in [-0.4, -0.2) is 23.0 Å². The van der Waals surface area contributed by atoms with Crippen LogP contribution in [0.1, 0.15) is 5.56 Å². The molecular formula is C16H13N3O2S. The molecule has 1 aromatic carbocycles. The number of thiophene rings is 1. The van der Waals surface area contributed by atoms with Crippen LogP contribution in [0.15, 0.2) is 47.3 Å². The van der Waals surface area contributed by atoms with Crippen molar-refractivity contribution in [3.05, 3.63) is 52.9 Å². The summed E-state index contributed by atoms with van der Waals surface area (Å²) in [6, 6.07) is 8.83. The molecule has 0 spiro atoms. The molecule has 3 heterocycles. The highest BCUT2D eigenvalue weighted by atomic mass is 32.1. The molecule has 1 aliphatic heterocycles. The molecule has 0 unspecified atom stereocenters. The number of rotatable bonds is 3. The number of H-pyrrole nitrogens is 1. The Bertz CT molecular complexity index is 853. The summed E-state index contributed by atoms with van der Waals surface area (Å²) in [6.45, 7) is 0. The van der Waals surface area contributed by atoms with Gasteiger partial charge in [-0.25, -0.2) is 9.69 Å². The van der Waals surface area contributed by atoms with E-state index in [2.05, 4.69) is 10.3 Å². The van der Waals surface area contributed by atoms with Crippen molar-refractivity contribution in [2.45, 2.75) is 12.5 Å². The number of aromatic amines is 1. The van der Waals surface area contributed by atoms with E-state index in [0.717, 1.165) is 16.5 Å². The van der Waals surface area contributed by atoms with Gasteiger partial charge in [-0.3, -0.25) is 4.79 Å². The first kappa shape index (κ1) is 13.1. The second-order valence-corrected chi connectivity index (χ2v) is 6.00. The lowest BCUT2D eigenvalue weighted by Crippen LogP contribution is -2.32. The minimum Gasteiger partial charge on any atom is -0.361 e. The molecule has 3 aromatic rings. The molecule has 1 fully saturated rings. The first-order valence-corrected chi connectivity index (χ1v) is 7.90. The lowest BCUT2D eigenvalue weighted by atomic mass is 10.1. The monoisotopic (exact) mass is 311 g/mol. The lowest BCUT2D eigenvalue weighted by Gasteiger charge is -2.10. The zero-order valence-corrected chi connectivity index (χ0v) is 12.4. The van der Waals surface area contributed by atoms with Gasteiger partial charge in [0.05, 0.1) is 5.69 Å². The van der Waals surface area contributed by atoms with Crippen molar-refractivity contribution in [1.82, 2.24) is 10.3 Å². The summed E-state index contributed by atoms with van der Waals surface area (Å²) in [7, 11) is 0. The number of nitrogens with zero attached hydrogens (tertiary/aromatic N) is 1. The van der Waals surface area contributed by atoms with Crippen LogP contribution < -0.4 is 10.2 Å². The summed E-state index contributed by atoms with van der Waals surface area (Å²) in [6.07, 6.45) is 2.38. The predicted molar refractivity (Wildman–Crippen MR) is 86.1 cm³/mol. The zero-order valence-electron chi connectivity index (χ0n) is 11.6. The summed E-state index contributed by atoms with van der Waals surface area (Å²) < 4.78 is 0. The molecule has 110 valence electrons. The van der Waals surface area contributed by atoms with E-state index < -0.39 is 6.04 Å². The van der Waals surface area contributed by atoms with Crippen LogP contribution in [-0.2, 0) is 11.2 Å². The third-order valence-corrected chi connectivity index (χ3v) is 4.55. The number of benzene rings is 1. The van der Waals surface area contributed by atoms with Crippen LogP contribution in [0.3, 0.4) is 0 Å². The zero-order chi connectivity index (χ0) is 15.1. The number of carbonyl (C=O) groups excluding carboxylic acids is 2. The first-order valence-electron chi connectivity index (χ1n) is 6.96. The van der Waals surface area contributed by atoms with E-state index in [4.69, 9.17) is 0 Å². The van der Waals surface area contributed by atoms with Gasteiger partial charge in [0.15, 0.2) is 0 Å². The summed E-state index contributed by atoms with van der Waals surface area (Å²) in [5.41, 5.74) is 2.69. The van der Waals surface area contributed by atoms with E-state index in [9.17, 15) is 9.59 Å². The first-order chi connectivity index (χ1) is 10.7. The molecule has 0 radical (unpaired) electrons. The maximum atomic E-state index is 12.5. The minimum absolute atomic E-state index is 0.200. The maximum absolute atomic E-state index is 12.5. The number of fused-ring (bicyclic) bond motifs is 1. The number of hydrogen-bond acceptors (Lipinski definition) is 3. The van der Waals surface area contributed by atoms with E-state index in [1.54, 1.807) is 11.4 Å². The average molecular weight is 311 g/mol. The number of anilines is 1. The molecule has 1 saturated heterocycles. The SMILES string of the molecule is O=C1N[C@@H](Cc2c[nH]c3ccccc23)C(=O)N1c1ccsc1. The third kappa shape index (κ3) is 2.00. The number of hydrogen-bond donors (Lipinski definition) is 2. The Morgan fingerprint density at radius 3 is 2.86 bits per heavy atom. The molecular weight excluding hydrogens is 298 g/mol. The summed E-state index contributed by atoms with van der Waals surface area (Å²) in [5, 5.41) is 7.50. The van der Waals surface area contributed by atoms with Crippen molar-refractivity contribution < 1.29 is 9.59 Å². The van der Waals surface area contributed by atoms with Crippen molar-refractivity contribution >= 4 is 39.9 Å². The van der Waals surface area contributed by atoms with Crippen LogP contribution in [0.5, 0.6) is 0 Å². The number of nitrogens with one attached hydrogen (secondary N) is 2. The van der Waals surface area contributed by atoms with Gasteiger partial charge in [0, 0.05) is 28.9 Å². The minimum atomic E-state index is -0.522. The molecule has 1 aliphatic rings. The molecule has 0 aliphatic carbocycles. The Morgan fingerprint density at radius 1 is 1.18 bits per heavy atom. The van der Waals surface area contributed by atoms with Gasteiger partial charge < -0.3 is 10.3 Å². The second-order valence-electron chi connectivity index (χ2n) is 5.22. The van der Waals surface area contributed by atoms with Gasteiger partial charge in [0.2, 0.25) is 0 Å². The van der Waals surface area contributed by atoms with Gasteiger partial charge in [0.25, 0.3) is 5.91 Å². The maximum Gasteiger partial charge on any atom is 0.329 e. The summed E-state index contributed by atoms with van der Waals surface area (Å²) in [4.78, 5) is 29.0. The van der Waals surface area contributed by atoms with E-state index in [0.29, 0.717) is 12.1 Å². The Hall–Kier alpha value is -2.60. The number of para-hydroxylation sites is 1. The number of carbonyl (C=O) groups is 2. The van der Waals surface area contributed by atoms with E-state index in [-0.39, 0.29) is 11.9 Å². The summed E-state index contributed by atoms with van der Waals surface area (Å²) >= 11 is 1.46. The van der Waals surface area contributed by atoms with Crippen molar-refractivity contribution in [1.29, 1.82) is 0 Å². The van der Waals surface area contributed by atoms with Crippen LogP contribution >= 0.6 is 11.3 Å². The standard InChI is InChI=1S/C16H13N3O2S/c20-15-14(18-16(21)19(15)11-5-6-22-9-11)7-10-8-17-13-4-2-1-3-12(10)13/h1-6,8-9,14,17H,7H2,(H,18,21)/t14-/m0/s1. The largest absolute Gasteiger partial charge is 0.361 e. The predicted octanol–water partition coefficient (Wildman–Crippen LogP) is 2.90. The number of urea groups is 1. The van der Waals surface area contributed by atoms with Gasteiger partial charge >= 0.3 is 6.03 Å². The van der Waals surface area contributed by atoms with Crippen LogP contribution in [0.4, 0.5) is 10.5 Å². The normalized spacial score (nSPS) is 18.2. The fourth-order valence-corrected chi connectivity index (χ4v) is 3.44. The van der Waals surface area contributed by atoms with E-state index >= 15 is 0 Å². The van der Waals surface area contributed by atoms with Crippen molar-refractivity contribution in [3.8, 4) is 0 Å². The topological polar surface area (TPSA) is 65.2 Å². The van der Waals surface area contributed by atoms with Gasteiger partial charge in [-0.15, -0.1) is 0 Å². The fraction of sp³-hybridized carbons (Fsp3) is 0.125. The van der Waals surface area contributed by atoms with Crippen molar-refractivity contribution in [3.63, 3.8) is 0 Å². The highest BCUT2D eigenvalue weighted by molar-refractivity contribution is 7.08. The molecule has 4 rings (SSSR count). The van der Waals surface area contributed by atoms with Crippen LogP contribution in [0.2, 0.25) is 0 Å². The molecule has 2 N–H and O–H groups in total. The van der Waals surface area contributed by atoms with Crippen molar-refractivity contribution in [2.75, 3.05) is 4.90 Å². The molecule has 2 aromatic heterocycles. The number of aromatic nitrogens is 1. The molecule has 1 atom stereocenters. The summed E-state index contributed by atoms with van der Waals surface area (Å²) in [5.74, 6) is -0.200. The van der Waals surface area contributed by atoms with E-state index in [1.807, 2.05) is 35.8 Å². The van der Waals surface area contributed by atoms with Crippen LogP contribution in [0.25, 0.3) is 10.9 Å². The highest BCUT2D eigenvalue weighted by Crippen LogP contribution is 2.25. The van der Waals surface area contributed by atoms with Crippen molar-refractivity contribution in [2.24, 2.45) is 0 Å². The fourth-order valence-electron chi connectivity index (χ4n) is 2.82. The van der Waals surface area contributed by atoms with Gasteiger partial charge in [-0.2, -0.15) is 11.3 Å². The quantitative estimate of drug-likeness (QED) is 0.730. The average Bonchev–Trinajstić information content (AvgIpc) is 3.22. The molecule has 5 nitrogen and oxygen atoms in total. The van der Waals surface area contributed by atoms with Gasteiger partial charge in [-0.05, 0) is 23.1 Å². The van der Waals surface area contributed by atoms with Gasteiger partial charge in [0.1, 0.15) is 6.04 Å². The Labute approximate surface area is 130 Å². The Balaban J connectivity index is 1.62. The molecule has 3 amide bonds. The second kappa shape index (κ2) is 4.99. The number of imide groups is 1. The smallest absolute Gasteiger partial charge is 0.329 e. The molecule has 0 saturated carbocycles. The molecule has 6 heteroatoms. The molecule has 0 bridgehead atoms. The Kier molecular flexibility index (Phi) is 2.97. The van der Waals surface area contributed by atoms with Crippen LogP contribution in [0, 0.1) is 0 Å². The Morgan fingerprint density at radius 2 is 2.05 bits per heavy atom. The highest BCUT2D eigenvalue weighted by Gasteiger charge is 2.39. The van der Waals surface area contributed by atoms with Gasteiger partial charge in [-0.1, -0.05) is 18.2 Å².